The van der Waals surface area contributed by atoms with Crippen LogP contribution in [0.25, 0.3) is 0 Å². The summed E-state index contributed by atoms with van der Waals surface area (Å²) in [5.41, 5.74) is 5.40. The summed E-state index contributed by atoms with van der Waals surface area (Å²) in [6.07, 6.45) is 6.13. The molecule has 0 spiro atoms. The topological polar surface area (TPSA) is 162 Å². The number of hydrogen-bond acceptors (Lipinski definition) is 7. The average molecular weight is 713 g/mol. The van der Waals surface area contributed by atoms with Gasteiger partial charge < -0.3 is 63.3 Å². The predicted molar refractivity (Wildman–Crippen MR) is 214 cm³/mol. The van der Waals surface area contributed by atoms with E-state index in [0.29, 0.717) is 33.6 Å². The number of rotatable bonds is 8. The first-order valence-corrected chi connectivity index (χ1v) is 16.4. The van der Waals surface area contributed by atoms with Crippen molar-refractivity contribution in [2.75, 3.05) is 0 Å². The molecule has 0 saturated heterocycles. The molecule has 4 N–H and O–H groups in total. The van der Waals surface area contributed by atoms with Crippen molar-refractivity contribution < 1.29 is 54.4 Å². The molecule has 266 valence electrons. The van der Waals surface area contributed by atoms with Gasteiger partial charge in [-0.1, -0.05) is 110 Å². The van der Waals surface area contributed by atoms with E-state index in [4.69, 9.17) is 0 Å². The van der Waals surface area contributed by atoms with Gasteiger partial charge in [0.1, 0.15) is 11.5 Å². The minimum absolute atomic E-state index is 0. The quantitative estimate of drug-likeness (QED) is 0.130. The van der Waals surface area contributed by atoms with Gasteiger partial charge in [0.15, 0.2) is 12.4 Å². The van der Waals surface area contributed by atoms with Crippen LogP contribution in [0.1, 0.15) is 36.1 Å². The summed E-state index contributed by atoms with van der Waals surface area (Å²) in [5.74, 6) is 0.275. The van der Waals surface area contributed by atoms with E-state index in [9.17, 15) is 25.5 Å². The first-order valence-electron chi connectivity index (χ1n) is 16.4. The van der Waals surface area contributed by atoms with E-state index in [1.807, 2.05) is 72.8 Å². The van der Waals surface area contributed by atoms with Crippen LogP contribution >= 0.6 is 0 Å². The monoisotopic (exact) mass is 712 g/mol. The van der Waals surface area contributed by atoms with E-state index in [2.05, 4.69) is 20.0 Å². The molecule has 0 saturated carbocycles. The molecule has 55 heavy (non-hydrogen) atoms. The van der Waals surface area contributed by atoms with Crippen molar-refractivity contribution in [1.29, 1.82) is 0 Å². The van der Waals surface area contributed by atoms with Gasteiger partial charge in [-0.05, 0) is 48.5 Å². The Kier molecular flexibility index (Phi) is 22.6. The number of benzene rings is 6. The average Bonchev–Trinajstić information content (AvgIpc) is 3.14. The predicted octanol–water partition coefficient (Wildman–Crippen LogP) is 0.0927. The van der Waals surface area contributed by atoms with Gasteiger partial charge >= 0.3 is 18.9 Å². The van der Waals surface area contributed by atoms with Crippen LogP contribution in [0.3, 0.4) is 0 Å². The van der Waals surface area contributed by atoms with Crippen LogP contribution in [-0.2, 0) is 0 Å². The smallest absolute Gasteiger partial charge is 1.00 e. The summed E-state index contributed by atoms with van der Waals surface area (Å²) in [6, 6.07) is 42.6. The minimum atomic E-state index is -0.417. The Morgan fingerprint density at radius 3 is 1.13 bits per heavy atom. The molecule has 6 rings (SSSR count). The largest absolute Gasteiger partial charge is 1.00 e. The van der Waals surface area contributed by atoms with Crippen molar-refractivity contribution in [1.82, 2.24) is 0 Å². The fourth-order valence-electron chi connectivity index (χ4n) is 4.40. The van der Waals surface area contributed by atoms with Crippen molar-refractivity contribution in [3.63, 3.8) is 0 Å². The molecule has 0 aromatic heterocycles. The minimum Gasteiger partial charge on any atom is -1.00 e. The van der Waals surface area contributed by atoms with Gasteiger partial charge in [-0.15, -0.1) is 6.10 Å². The summed E-state index contributed by atoms with van der Waals surface area (Å²) in [5, 5.41) is 52.6. The van der Waals surface area contributed by atoms with Crippen LogP contribution in [0.15, 0.2) is 156 Å². The third-order valence-electron chi connectivity index (χ3n) is 6.97. The van der Waals surface area contributed by atoms with Crippen LogP contribution in [-0.4, -0.2) is 78.9 Å². The third-order valence-corrected chi connectivity index (χ3v) is 6.97. The Bertz CT molecular complexity index is 1870. The number of para-hydroxylation sites is 8. The molecular weight excluding hydrogens is 673 g/mol. The molecule has 0 atom stereocenters. The molecule has 0 aliphatic rings. The van der Waals surface area contributed by atoms with Crippen molar-refractivity contribution in [2.45, 2.75) is 20.0 Å². The maximum absolute atomic E-state index is 11.7. The van der Waals surface area contributed by atoms with Crippen molar-refractivity contribution in [3.05, 3.63) is 168 Å². The van der Waals surface area contributed by atoms with Crippen molar-refractivity contribution in [3.8, 4) is 23.0 Å². The zero-order chi connectivity index (χ0) is 37.1. The van der Waals surface area contributed by atoms with Gasteiger partial charge in [0.05, 0.1) is 11.4 Å². The molecule has 0 unspecified atom stereocenters. The van der Waals surface area contributed by atoms with E-state index in [1.54, 1.807) is 99.4 Å². The van der Waals surface area contributed by atoms with E-state index in [-0.39, 0.29) is 79.6 Å². The number of nitrogens with zero attached hydrogens (tertiary/aromatic N) is 2. The Balaban J connectivity index is 0.000000477. The second-order valence-electron chi connectivity index (χ2n) is 11.4. The number of aliphatic imine (C=N–C) groups is 2. The van der Waals surface area contributed by atoms with E-state index < -0.39 is 6.10 Å². The zero-order valence-electron chi connectivity index (χ0n) is 31.8. The van der Waals surface area contributed by atoms with E-state index in [1.165, 1.54) is 12.1 Å². The van der Waals surface area contributed by atoms with Gasteiger partial charge in [-0.3, -0.25) is 9.98 Å². The normalized spacial score (nSPS) is 10.5. The standard InChI is InChI=1S/2C20H16N2O2.C3H7O.3Li/c2*23-19-11-5-1-7-15(19)13-21-17-9-3-4-10-18(17)22-14-16-8-2-6-12-20(16)24;1-3(2)4;;;/h2*1-14,23-24H;3H,1-2H3;;;/q;;3*-1;+1. The van der Waals surface area contributed by atoms with Crippen molar-refractivity contribution >= 4 is 85.3 Å². The van der Waals surface area contributed by atoms with Crippen LogP contribution < -0.4 is 44.2 Å². The van der Waals surface area contributed by atoms with Crippen LogP contribution in [0.5, 0.6) is 23.0 Å². The number of aromatic hydroxyl groups is 2. The molecular formula is C43H39Li3N4O5-2. The van der Waals surface area contributed by atoms with Gasteiger partial charge in [0, 0.05) is 46.8 Å². The van der Waals surface area contributed by atoms with Crippen LogP contribution in [0.2, 0.25) is 0 Å². The van der Waals surface area contributed by atoms with Gasteiger partial charge in [-0.25, -0.2) is 9.98 Å². The maximum Gasteiger partial charge on any atom is 1.00 e. The first kappa shape index (κ1) is 48.0. The summed E-state index contributed by atoms with van der Waals surface area (Å²) >= 11 is 0. The molecule has 9 nitrogen and oxygen atoms in total. The Morgan fingerprint density at radius 2 is 0.782 bits per heavy atom. The molecule has 0 heterocycles. The molecule has 0 aliphatic carbocycles. The number of phenolic OH excluding ortho intramolecular Hbond substituents is 2. The number of phenols is 2. The van der Waals surface area contributed by atoms with Gasteiger partial charge in [-0.2, -0.15) is 0 Å². The van der Waals surface area contributed by atoms with Gasteiger partial charge in [0.25, 0.3) is 11.4 Å². The summed E-state index contributed by atoms with van der Waals surface area (Å²) < 4.78 is 0. The van der Waals surface area contributed by atoms with Crippen LogP contribution in [0, 0.1) is 0 Å². The summed E-state index contributed by atoms with van der Waals surface area (Å²) in [7, 11) is 0. The SMILES string of the molecule is CC(C)[O-].Oc1ccccc1C=Nc1ccccc1N=Cc1ccccc1O.[Li+].[Li-].[Li-].[O-]c1ccccc1C=[NH+]c1ccccc1[NH+]=Cc1ccccc1[O-]. The maximum atomic E-state index is 11.7. The molecule has 0 bridgehead atoms. The zero-order valence-corrected chi connectivity index (χ0v) is 31.8. The molecule has 0 amide bonds. The van der Waals surface area contributed by atoms with Crippen LogP contribution in [0.4, 0.5) is 22.7 Å². The molecule has 6 aromatic rings. The van der Waals surface area contributed by atoms with E-state index >= 15 is 0 Å². The second kappa shape index (κ2) is 25.9. The molecule has 6 aromatic carbocycles. The molecule has 0 aliphatic heterocycles. The molecule has 12 heteroatoms. The summed E-state index contributed by atoms with van der Waals surface area (Å²) in [4.78, 5) is 15.1. The first-order chi connectivity index (χ1) is 25.2. The fourth-order valence-corrected chi connectivity index (χ4v) is 4.40. The Hall–Kier alpha value is -5.05. The Morgan fingerprint density at radius 1 is 0.491 bits per heavy atom. The summed E-state index contributed by atoms with van der Waals surface area (Å²) in [6.45, 7) is 3.22. The fraction of sp³-hybridized carbons (Fsp3) is 0.0698. The van der Waals surface area contributed by atoms with E-state index in [0.717, 1.165) is 11.4 Å². The van der Waals surface area contributed by atoms with Crippen molar-refractivity contribution in [2.24, 2.45) is 9.98 Å². The molecule has 4 radical (unpaired) electrons. The number of hydrogen-bond donors (Lipinski definition) is 4. The van der Waals surface area contributed by atoms with Gasteiger partial charge in [0.2, 0.25) is 0 Å². The number of nitrogens with one attached hydrogen (secondary N) is 2. The molecule has 0 fully saturated rings. The third kappa shape index (κ3) is 16.5. The second-order valence-corrected chi connectivity index (χ2v) is 11.4. The Labute approximate surface area is 358 Å².